The highest BCUT2D eigenvalue weighted by Gasteiger charge is 2.33. The van der Waals surface area contributed by atoms with E-state index in [0.717, 1.165) is 22.2 Å². The summed E-state index contributed by atoms with van der Waals surface area (Å²) in [4.78, 5) is 5.45. The van der Waals surface area contributed by atoms with Gasteiger partial charge in [0.05, 0.1) is 26.5 Å². The first-order valence-corrected chi connectivity index (χ1v) is 10.5. The van der Waals surface area contributed by atoms with Gasteiger partial charge in [-0.1, -0.05) is 54.6 Å². The van der Waals surface area contributed by atoms with Gasteiger partial charge in [0.15, 0.2) is 0 Å². The fraction of sp³-hybridized carbons (Fsp3) is 0. The van der Waals surface area contributed by atoms with Crippen LogP contribution in [0, 0.1) is 0 Å². The van der Waals surface area contributed by atoms with Crippen molar-refractivity contribution in [1.29, 1.82) is 0 Å². The summed E-state index contributed by atoms with van der Waals surface area (Å²) in [6.07, 6.45) is 0. The van der Waals surface area contributed by atoms with E-state index in [1.165, 1.54) is 0 Å². The molecule has 0 spiro atoms. The van der Waals surface area contributed by atoms with Crippen LogP contribution in [0.25, 0.3) is 38.9 Å². The zero-order valence-corrected chi connectivity index (χ0v) is 15.5. The molecule has 0 saturated heterocycles. The molecule has 5 heteroatoms. The van der Waals surface area contributed by atoms with Crippen LogP contribution in [0.15, 0.2) is 94.7 Å². The Balaban J connectivity index is 1.77. The molecule has 0 atom stereocenters. The summed E-state index contributed by atoms with van der Waals surface area (Å²) in [6.45, 7) is 0. The van der Waals surface area contributed by atoms with Crippen LogP contribution >= 0.6 is 0 Å². The van der Waals surface area contributed by atoms with Crippen LogP contribution in [0.1, 0.15) is 0 Å². The van der Waals surface area contributed by atoms with Gasteiger partial charge in [-0.3, -0.25) is 4.57 Å². The summed E-state index contributed by atoms with van der Waals surface area (Å²) in [5, 5.41) is 2.28. The third kappa shape index (κ3) is 1.94. The summed E-state index contributed by atoms with van der Waals surface area (Å²) in [5.74, 6) is 0.746. The lowest BCUT2D eigenvalue weighted by Gasteiger charge is -2.20. The maximum absolute atomic E-state index is 13.2. The molecule has 0 saturated carbocycles. The number of para-hydroxylation sites is 2. The number of sulfone groups is 1. The first-order valence-electron chi connectivity index (χ1n) is 9.00. The molecule has 0 bridgehead atoms. The molecule has 1 aliphatic heterocycles. The predicted molar refractivity (Wildman–Crippen MR) is 109 cm³/mol. The maximum atomic E-state index is 13.2. The fourth-order valence-corrected chi connectivity index (χ4v) is 5.69. The van der Waals surface area contributed by atoms with E-state index in [4.69, 9.17) is 4.98 Å². The van der Waals surface area contributed by atoms with Crippen molar-refractivity contribution in [2.24, 2.45) is 0 Å². The molecule has 1 aliphatic rings. The molecular formula is C23H14N2O2S. The molecule has 4 nitrogen and oxygen atoms in total. The Kier molecular flexibility index (Phi) is 2.95. The van der Waals surface area contributed by atoms with Gasteiger partial charge < -0.3 is 0 Å². The van der Waals surface area contributed by atoms with Gasteiger partial charge in [0.2, 0.25) is 9.84 Å². The van der Waals surface area contributed by atoms with E-state index < -0.39 is 9.84 Å². The van der Waals surface area contributed by atoms with E-state index in [2.05, 4.69) is 24.3 Å². The minimum absolute atomic E-state index is 0.309. The van der Waals surface area contributed by atoms with Gasteiger partial charge in [-0.05, 0) is 41.1 Å². The molecule has 0 amide bonds. The molecule has 134 valence electrons. The first kappa shape index (κ1) is 15.6. The van der Waals surface area contributed by atoms with Crippen LogP contribution in [0.4, 0.5) is 0 Å². The van der Waals surface area contributed by atoms with E-state index in [9.17, 15) is 8.42 Å². The number of hydrogen-bond donors (Lipinski definition) is 0. The Hall–Kier alpha value is -3.44. The van der Waals surface area contributed by atoms with Gasteiger partial charge >= 0.3 is 0 Å². The molecule has 6 rings (SSSR count). The van der Waals surface area contributed by atoms with Crippen molar-refractivity contribution in [2.45, 2.75) is 9.79 Å². The molecule has 2 heterocycles. The number of hydrogen-bond acceptors (Lipinski definition) is 3. The number of fused-ring (bicyclic) bond motifs is 3. The SMILES string of the molecule is O=S1(=O)c2ccccc2-n2c(-c3ccc4ccccc4c3)nc3cccc1c32. The topological polar surface area (TPSA) is 52.0 Å². The summed E-state index contributed by atoms with van der Waals surface area (Å²) in [7, 11) is -3.57. The second kappa shape index (κ2) is 5.30. The normalized spacial score (nSPS) is 14.3. The lowest BCUT2D eigenvalue weighted by Crippen LogP contribution is -2.14. The van der Waals surface area contributed by atoms with E-state index in [0.29, 0.717) is 26.5 Å². The van der Waals surface area contributed by atoms with Crippen LogP contribution in [0.3, 0.4) is 0 Å². The van der Waals surface area contributed by atoms with Gasteiger partial charge in [0, 0.05) is 5.56 Å². The van der Waals surface area contributed by atoms with E-state index in [-0.39, 0.29) is 0 Å². The van der Waals surface area contributed by atoms with Gasteiger partial charge in [-0.2, -0.15) is 0 Å². The van der Waals surface area contributed by atoms with Crippen LogP contribution in [-0.4, -0.2) is 18.0 Å². The fourth-order valence-electron chi connectivity index (χ4n) is 4.06. The number of imidazole rings is 1. The Morgan fingerprint density at radius 3 is 2.36 bits per heavy atom. The summed E-state index contributed by atoms with van der Waals surface area (Å²) < 4.78 is 28.3. The third-order valence-corrected chi connectivity index (χ3v) is 7.17. The van der Waals surface area contributed by atoms with Gasteiger partial charge in [0.25, 0.3) is 0 Å². The highest BCUT2D eigenvalue weighted by Crippen LogP contribution is 2.41. The van der Waals surface area contributed by atoms with Crippen molar-refractivity contribution in [3.63, 3.8) is 0 Å². The quantitative estimate of drug-likeness (QED) is 0.402. The smallest absolute Gasteiger partial charge is 0.210 e. The highest BCUT2D eigenvalue weighted by molar-refractivity contribution is 7.92. The highest BCUT2D eigenvalue weighted by atomic mass is 32.2. The lowest BCUT2D eigenvalue weighted by atomic mass is 10.1. The van der Waals surface area contributed by atoms with Gasteiger partial charge in [0.1, 0.15) is 5.82 Å². The van der Waals surface area contributed by atoms with E-state index in [1.807, 2.05) is 41.0 Å². The van der Waals surface area contributed by atoms with Crippen LogP contribution < -0.4 is 0 Å². The van der Waals surface area contributed by atoms with Crippen LogP contribution in [-0.2, 0) is 9.84 Å². The van der Waals surface area contributed by atoms with Crippen molar-refractivity contribution in [3.8, 4) is 17.1 Å². The second-order valence-corrected chi connectivity index (χ2v) is 8.81. The average molecular weight is 382 g/mol. The minimum Gasteiger partial charge on any atom is -0.290 e. The average Bonchev–Trinajstić information content (AvgIpc) is 3.12. The second-order valence-electron chi connectivity index (χ2n) is 6.93. The summed E-state index contributed by atoms with van der Waals surface area (Å²) in [6, 6.07) is 26.8. The van der Waals surface area contributed by atoms with Gasteiger partial charge in [-0.25, -0.2) is 13.4 Å². The summed E-state index contributed by atoms with van der Waals surface area (Å²) in [5.41, 5.74) is 2.92. The van der Waals surface area contributed by atoms with Crippen molar-refractivity contribution in [1.82, 2.24) is 9.55 Å². The minimum atomic E-state index is -3.57. The number of aromatic nitrogens is 2. The van der Waals surface area contributed by atoms with E-state index in [1.54, 1.807) is 24.3 Å². The van der Waals surface area contributed by atoms with Crippen molar-refractivity contribution < 1.29 is 8.42 Å². The molecule has 1 aromatic heterocycles. The van der Waals surface area contributed by atoms with E-state index >= 15 is 0 Å². The van der Waals surface area contributed by atoms with Crippen molar-refractivity contribution >= 4 is 31.6 Å². The number of benzene rings is 4. The standard InChI is InChI=1S/C23H14N2O2S/c26-28(27)20-10-4-3-9-19(20)25-22-18(8-5-11-21(22)28)24-23(25)17-13-12-15-6-1-2-7-16(15)14-17/h1-14H. The molecule has 0 fully saturated rings. The molecule has 0 aliphatic carbocycles. The molecule has 0 N–H and O–H groups in total. The molecule has 0 radical (unpaired) electrons. The third-order valence-electron chi connectivity index (χ3n) is 5.33. The van der Waals surface area contributed by atoms with Crippen molar-refractivity contribution in [2.75, 3.05) is 0 Å². The number of rotatable bonds is 1. The molecule has 28 heavy (non-hydrogen) atoms. The van der Waals surface area contributed by atoms with Gasteiger partial charge in [-0.15, -0.1) is 0 Å². The molecule has 0 unspecified atom stereocenters. The Labute approximate surface area is 161 Å². The number of nitrogens with zero attached hydrogens (tertiary/aromatic N) is 2. The predicted octanol–water partition coefficient (Wildman–Crippen LogP) is 4.99. The Morgan fingerprint density at radius 2 is 1.46 bits per heavy atom. The van der Waals surface area contributed by atoms with Crippen LogP contribution in [0.2, 0.25) is 0 Å². The summed E-state index contributed by atoms with van der Waals surface area (Å²) >= 11 is 0. The zero-order valence-electron chi connectivity index (χ0n) is 14.7. The molecular weight excluding hydrogens is 368 g/mol. The van der Waals surface area contributed by atoms with Crippen LogP contribution in [0.5, 0.6) is 0 Å². The molecule has 5 aromatic rings. The van der Waals surface area contributed by atoms with Crippen molar-refractivity contribution in [3.05, 3.63) is 84.9 Å². The lowest BCUT2D eigenvalue weighted by molar-refractivity contribution is 0.594. The zero-order chi connectivity index (χ0) is 18.9. The Morgan fingerprint density at radius 1 is 0.714 bits per heavy atom. The molecule has 4 aromatic carbocycles. The first-order chi connectivity index (χ1) is 13.6. The maximum Gasteiger partial charge on any atom is 0.210 e. The largest absolute Gasteiger partial charge is 0.290 e. The monoisotopic (exact) mass is 382 g/mol. The Bertz CT molecular complexity index is 1530.